The van der Waals surface area contributed by atoms with Gasteiger partial charge in [-0.25, -0.2) is 0 Å². The van der Waals surface area contributed by atoms with E-state index in [1.54, 1.807) is 25.1 Å². The van der Waals surface area contributed by atoms with Crippen LogP contribution in [0.3, 0.4) is 0 Å². The van der Waals surface area contributed by atoms with Crippen molar-refractivity contribution >= 4 is 5.91 Å². The number of nitrogens with one attached hydrogen (secondary N) is 2. The van der Waals surface area contributed by atoms with E-state index in [1.165, 1.54) is 11.1 Å². The Morgan fingerprint density at radius 1 is 1.29 bits per heavy atom. The Bertz CT molecular complexity index is 1070. The van der Waals surface area contributed by atoms with Gasteiger partial charge in [-0.1, -0.05) is 24.3 Å². The SMILES string of the molecule is CCOc1cc(-c2nnc(C)o2)ccc1C(=O)NCC(O)[C@@H]1Cc2ccccc2CN1. The molecule has 2 atom stereocenters. The molecular weight excluding hydrogens is 396 g/mol. The van der Waals surface area contributed by atoms with Gasteiger partial charge in [-0.3, -0.25) is 4.79 Å². The van der Waals surface area contributed by atoms with Gasteiger partial charge in [-0.05, 0) is 42.7 Å². The number of amides is 1. The summed E-state index contributed by atoms with van der Waals surface area (Å²) < 4.78 is 11.1. The van der Waals surface area contributed by atoms with E-state index in [0.717, 1.165) is 6.42 Å². The maximum absolute atomic E-state index is 12.8. The van der Waals surface area contributed by atoms with Gasteiger partial charge in [0, 0.05) is 31.6 Å². The number of aromatic nitrogens is 2. The molecule has 8 heteroatoms. The van der Waals surface area contributed by atoms with Crippen LogP contribution in [-0.4, -0.2) is 46.5 Å². The summed E-state index contributed by atoms with van der Waals surface area (Å²) in [6.07, 6.45) is 0.00360. The lowest BCUT2D eigenvalue weighted by molar-refractivity contribution is 0.0866. The van der Waals surface area contributed by atoms with Crippen molar-refractivity contribution in [2.75, 3.05) is 13.2 Å². The fraction of sp³-hybridized carbons (Fsp3) is 0.348. The zero-order valence-electron chi connectivity index (χ0n) is 17.6. The molecule has 162 valence electrons. The van der Waals surface area contributed by atoms with Crippen LogP contribution >= 0.6 is 0 Å². The van der Waals surface area contributed by atoms with Crippen molar-refractivity contribution in [3.8, 4) is 17.2 Å². The lowest BCUT2D eigenvalue weighted by Crippen LogP contribution is -2.49. The number of aryl methyl sites for hydroxylation is 1. The molecule has 0 bridgehead atoms. The van der Waals surface area contributed by atoms with E-state index in [0.29, 0.717) is 41.8 Å². The maximum atomic E-state index is 12.8. The molecule has 0 radical (unpaired) electrons. The van der Waals surface area contributed by atoms with Crippen molar-refractivity contribution in [3.05, 3.63) is 65.0 Å². The molecule has 0 saturated carbocycles. The smallest absolute Gasteiger partial charge is 0.255 e. The van der Waals surface area contributed by atoms with Crippen molar-refractivity contribution in [1.82, 2.24) is 20.8 Å². The average Bonchev–Trinajstić information content (AvgIpc) is 3.23. The number of hydrogen-bond acceptors (Lipinski definition) is 7. The molecule has 1 aliphatic heterocycles. The largest absolute Gasteiger partial charge is 0.493 e. The summed E-state index contributed by atoms with van der Waals surface area (Å²) in [5.41, 5.74) is 3.52. The number of aliphatic hydroxyl groups is 1. The summed E-state index contributed by atoms with van der Waals surface area (Å²) in [6, 6.07) is 13.2. The molecule has 31 heavy (non-hydrogen) atoms. The second-order valence-electron chi connectivity index (χ2n) is 7.51. The van der Waals surface area contributed by atoms with Crippen LogP contribution in [0.15, 0.2) is 46.9 Å². The molecule has 1 amide bonds. The molecule has 3 N–H and O–H groups in total. The monoisotopic (exact) mass is 422 g/mol. The number of ether oxygens (including phenoxy) is 1. The highest BCUT2D eigenvalue weighted by Crippen LogP contribution is 2.27. The van der Waals surface area contributed by atoms with Crippen LogP contribution < -0.4 is 15.4 Å². The van der Waals surface area contributed by atoms with Crippen LogP contribution in [-0.2, 0) is 13.0 Å². The number of nitrogens with zero attached hydrogens (tertiary/aromatic N) is 2. The van der Waals surface area contributed by atoms with Gasteiger partial charge in [-0.15, -0.1) is 10.2 Å². The van der Waals surface area contributed by atoms with Crippen LogP contribution in [0, 0.1) is 6.92 Å². The molecule has 8 nitrogen and oxygen atoms in total. The molecule has 2 heterocycles. The second kappa shape index (κ2) is 9.28. The van der Waals surface area contributed by atoms with Gasteiger partial charge in [0.15, 0.2) is 0 Å². The third-order valence-electron chi connectivity index (χ3n) is 5.35. The lowest BCUT2D eigenvalue weighted by Gasteiger charge is -2.30. The van der Waals surface area contributed by atoms with Gasteiger partial charge in [0.2, 0.25) is 11.8 Å². The number of fused-ring (bicyclic) bond motifs is 1. The standard InChI is InChI=1S/C23H26N4O4/c1-3-30-21-11-16(23-27-26-14(2)31-23)8-9-18(21)22(29)25-13-20(28)19-10-15-6-4-5-7-17(15)12-24-19/h4-9,11,19-20,24,28H,3,10,12-13H2,1-2H3,(H,25,29)/t19-,20?/m0/s1. The molecule has 0 spiro atoms. The summed E-state index contributed by atoms with van der Waals surface area (Å²) in [7, 11) is 0. The van der Waals surface area contributed by atoms with Crippen LogP contribution in [0.2, 0.25) is 0 Å². The average molecular weight is 422 g/mol. The third kappa shape index (κ3) is 4.76. The molecule has 0 fully saturated rings. The lowest BCUT2D eigenvalue weighted by atomic mass is 9.93. The first-order chi connectivity index (χ1) is 15.0. The van der Waals surface area contributed by atoms with Crippen molar-refractivity contribution in [3.63, 3.8) is 0 Å². The Hall–Kier alpha value is -3.23. The van der Waals surface area contributed by atoms with Crippen LogP contribution in [0.5, 0.6) is 5.75 Å². The second-order valence-corrected chi connectivity index (χ2v) is 7.51. The van der Waals surface area contributed by atoms with Crippen molar-refractivity contribution < 1.29 is 19.1 Å². The topological polar surface area (TPSA) is 110 Å². The zero-order chi connectivity index (χ0) is 21.8. The molecule has 3 aromatic rings. The van der Waals surface area contributed by atoms with Gasteiger partial charge in [0.05, 0.1) is 18.3 Å². The van der Waals surface area contributed by atoms with Crippen molar-refractivity contribution in [2.24, 2.45) is 0 Å². The number of aliphatic hydroxyl groups excluding tert-OH is 1. The van der Waals surface area contributed by atoms with E-state index in [4.69, 9.17) is 9.15 Å². The van der Waals surface area contributed by atoms with Gasteiger partial charge in [0.25, 0.3) is 5.91 Å². The van der Waals surface area contributed by atoms with E-state index in [2.05, 4.69) is 33.0 Å². The maximum Gasteiger partial charge on any atom is 0.255 e. The summed E-state index contributed by atoms with van der Waals surface area (Å²) in [4.78, 5) is 12.8. The summed E-state index contributed by atoms with van der Waals surface area (Å²) >= 11 is 0. The minimum Gasteiger partial charge on any atom is -0.493 e. The number of hydrogen-bond donors (Lipinski definition) is 3. The molecule has 1 unspecified atom stereocenters. The number of carbonyl (C=O) groups is 1. The Morgan fingerprint density at radius 2 is 2.10 bits per heavy atom. The van der Waals surface area contributed by atoms with Gasteiger partial charge in [-0.2, -0.15) is 0 Å². The number of carbonyl (C=O) groups excluding carboxylic acids is 1. The highest BCUT2D eigenvalue weighted by molar-refractivity contribution is 5.97. The van der Waals surface area contributed by atoms with Crippen LogP contribution in [0.4, 0.5) is 0 Å². The van der Waals surface area contributed by atoms with E-state index in [-0.39, 0.29) is 18.5 Å². The van der Waals surface area contributed by atoms with E-state index in [9.17, 15) is 9.90 Å². The van der Waals surface area contributed by atoms with Crippen molar-refractivity contribution in [2.45, 2.75) is 39.0 Å². The Balaban J connectivity index is 1.42. The Labute approximate surface area is 180 Å². The van der Waals surface area contributed by atoms with Gasteiger partial charge in [0.1, 0.15) is 5.75 Å². The first-order valence-corrected chi connectivity index (χ1v) is 10.4. The fourth-order valence-corrected chi connectivity index (χ4v) is 3.72. The predicted molar refractivity (Wildman–Crippen MR) is 115 cm³/mol. The van der Waals surface area contributed by atoms with E-state index in [1.807, 2.05) is 19.1 Å². The minimum atomic E-state index is -0.714. The molecule has 0 aliphatic carbocycles. The first-order valence-electron chi connectivity index (χ1n) is 10.4. The number of rotatable bonds is 7. The van der Waals surface area contributed by atoms with E-state index >= 15 is 0 Å². The molecule has 1 aromatic heterocycles. The third-order valence-corrected chi connectivity index (χ3v) is 5.35. The fourth-order valence-electron chi connectivity index (χ4n) is 3.72. The highest BCUT2D eigenvalue weighted by atomic mass is 16.5. The van der Waals surface area contributed by atoms with E-state index < -0.39 is 6.10 Å². The normalized spacial score (nSPS) is 16.4. The first kappa shape index (κ1) is 21.0. The highest BCUT2D eigenvalue weighted by Gasteiger charge is 2.25. The molecule has 2 aromatic carbocycles. The molecule has 4 rings (SSSR count). The van der Waals surface area contributed by atoms with Crippen LogP contribution in [0.25, 0.3) is 11.5 Å². The molecule has 0 saturated heterocycles. The molecular formula is C23H26N4O4. The van der Waals surface area contributed by atoms with Gasteiger partial charge >= 0.3 is 0 Å². The summed E-state index contributed by atoms with van der Waals surface area (Å²) in [5.74, 6) is 0.937. The Kier molecular flexibility index (Phi) is 6.29. The van der Waals surface area contributed by atoms with Crippen LogP contribution in [0.1, 0.15) is 34.3 Å². The summed E-state index contributed by atoms with van der Waals surface area (Å²) in [6.45, 7) is 4.81. The Morgan fingerprint density at radius 3 is 2.84 bits per heavy atom. The zero-order valence-corrected chi connectivity index (χ0v) is 17.6. The predicted octanol–water partition coefficient (Wildman–Crippen LogP) is 2.25. The quantitative estimate of drug-likeness (QED) is 0.536. The number of benzene rings is 2. The summed E-state index contributed by atoms with van der Waals surface area (Å²) in [5, 5.41) is 24.6. The molecule has 1 aliphatic rings. The van der Waals surface area contributed by atoms with Crippen molar-refractivity contribution in [1.29, 1.82) is 0 Å². The van der Waals surface area contributed by atoms with Gasteiger partial charge < -0.3 is 24.9 Å². The minimum absolute atomic E-state index is 0.121.